The predicted molar refractivity (Wildman–Crippen MR) is 186 cm³/mol. The Kier molecular flexibility index (Phi) is 10.9. The number of carbonyl (C=O) groups is 1. The summed E-state index contributed by atoms with van der Waals surface area (Å²) < 4.78 is 22.1. The standard InChI is InChI=1S/C37H47N5O5/c1-8-11-25-12-10-13-30-33(25)40-37(39-30)38-27-18-20-42(21-19-27)35(29(9-2)24-14-16-28(44-4)17-15-24)41(3)36(43)26-22-31(45-5)34(47-7)32(23-26)46-6/h8,10,12-17,22-23,27,29,35H,1,9,11,18-21H2,2-7H3,(H2,38,39,40). The first-order valence-electron chi connectivity index (χ1n) is 16.2. The Morgan fingerprint density at radius 2 is 1.72 bits per heavy atom. The molecule has 3 aromatic carbocycles. The van der Waals surface area contributed by atoms with Crippen molar-refractivity contribution >= 4 is 22.9 Å². The third-order valence-corrected chi connectivity index (χ3v) is 9.18. The number of imidazole rings is 1. The second kappa shape index (κ2) is 15.3. The third-order valence-electron chi connectivity index (χ3n) is 9.18. The number of nitrogens with zero attached hydrogens (tertiary/aromatic N) is 3. The molecule has 250 valence electrons. The van der Waals surface area contributed by atoms with Gasteiger partial charge < -0.3 is 34.1 Å². The first-order chi connectivity index (χ1) is 22.8. The van der Waals surface area contributed by atoms with Gasteiger partial charge in [-0.15, -0.1) is 6.58 Å². The van der Waals surface area contributed by atoms with Crippen LogP contribution >= 0.6 is 0 Å². The third kappa shape index (κ3) is 7.17. The van der Waals surface area contributed by atoms with Crippen molar-refractivity contribution in [3.05, 3.63) is 83.9 Å². The van der Waals surface area contributed by atoms with E-state index in [1.807, 2.05) is 36.2 Å². The largest absolute Gasteiger partial charge is 0.497 e. The number of nitrogens with one attached hydrogen (secondary N) is 2. The number of piperidine rings is 1. The fourth-order valence-corrected chi connectivity index (χ4v) is 6.75. The normalized spacial score (nSPS) is 15.1. The van der Waals surface area contributed by atoms with Crippen molar-refractivity contribution in [3.8, 4) is 23.0 Å². The van der Waals surface area contributed by atoms with E-state index in [0.29, 0.717) is 22.8 Å². The highest BCUT2D eigenvalue weighted by molar-refractivity contribution is 5.95. The summed E-state index contributed by atoms with van der Waals surface area (Å²) in [6.07, 6.45) is 5.12. The van der Waals surface area contributed by atoms with Gasteiger partial charge in [0.05, 0.1) is 45.6 Å². The van der Waals surface area contributed by atoms with E-state index in [2.05, 4.69) is 53.0 Å². The number of aromatic amines is 1. The molecule has 10 heteroatoms. The van der Waals surface area contributed by atoms with Gasteiger partial charge in [-0.1, -0.05) is 37.3 Å². The summed E-state index contributed by atoms with van der Waals surface area (Å²) in [6, 6.07) is 18.1. The number of likely N-dealkylation sites (tertiary alicyclic amines) is 1. The molecule has 0 bridgehead atoms. The Hall–Kier alpha value is -4.70. The Bertz CT molecular complexity index is 1640. The molecule has 4 aromatic rings. The van der Waals surface area contributed by atoms with Gasteiger partial charge >= 0.3 is 0 Å². The van der Waals surface area contributed by atoms with Crippen LogP contribution in [0.25, 0.3) is 11.0 Å². The Labute approximate surface area is 277 Å². The lowest BCUT2D eigenvalue weighted by atomic mass is 9.90. The molecule has 2 atom stereocenters. The molecule has 1 aliphatic heterocycles. The molecule has 2 unspecified atom stereocenters. The SMILES string of the molecule is C=CCc1cccc2[nH]c(NC3CCN(C(C(CC)c4ccc(OC)cc4)N(C)C(=O)c4cc(OC)c(OC)c(OC)c4)CC3)nc12. The predicted octanol–water partition coefficient (Wildman–Crippen LogP) is 6.49. The maximum Gasteiger partial charge on any atom is 0.255 e. The van der Waals surface area contributed by atoms with E-state index in [1.165, 1.54) is 0 Å². The van der Waals surface area contributed by atoms with E-state index in [-0.39, 0.29) is 24.0 Å². The zero-order valence-corrected chi connectivity index (χ0v) is 28.3. The number of carbonyl (C=O) groups excluding carboxylic acids is 1. The molecule has 47 heavy (non-hydrogen) atoms. The minimum Gasteiger partial charge on any atom is -0.497 e. The second-order valence-corrected chi connectivity index (χ2v) is 11.9. The number of hydrogen-bond acceptors (Lipinski definition) is 8. The van der Waals surface area contributed by atoms with Crippen LogP contribution in [-0.4, -0.2) is 86.5 Å². The molecule has 0 spiro atoms. The van der Waals surface area contributed by atoms with Crippen LogP contribution in [0.4, 0.5) is 5.95 Å². The topological polar surface area (TPSA) is 101 Å². The van der Waals surface area contributed by atoms with Crippen LogP contribution in [0.3, 0.4) is 0 Å². The summed E-state index contributed by atoms with van der Waals surface area (Å²) in [6.45, 7) is 7.68. The first-order valence-corrected chi connectivity index (χ1v) is 16.2. The molecule has 1 aliphatic rings. The van der Waals surface area contributed by atoms with E-state index in [4.69, 9.17) is 23.9 Å². The van der Waals surface area contributed by atoms with Crippen molar-refractivity contribution < 1.29 is 23.7 Å². The van der Waals surface area contributed by atoms with Gasteiger partial charge in [-0.2, -0.15) is 0 Å². The fraction of sp³-hybridized carbons (Fsp3) is 0.405. The number of H-pyrrole nitrogens is 1. The summed E-state index contributed by atoms with van der Waals surface area (Å²) >= 11 is 0. The fourth-order valence-electron chi connectivity index (χ4n) is 6.75. The van der Waals surface area contributed by atoms with Crippen molar-refractivity contribution in [3.63, 3.8) is 0 Å². The molecule has 0 aliphatic carbocycles. The molecule has 1 saturated heterocycles. The number of fused-ring (bicyclic) bond motifs is 1. The molecule has 10 nitrogen and oxygen atoms in total. The lowest BCUT2D eigenvalue weighted by Gasteiger charge is -2.45. The van der Waals surface area contributed by atoms with Gasteiger partial charge in [0.2, 0.25) is 11.7 Å². The van der Waals surface area contributed by atoms with E-state index in [9.17, 15) is 4.79 Å². The van der Waals surface area contributed by atoms with Gasteiger partial charge in [0.1, 0.15) is 5.75 Å². The maximum atomic E-state index is 14.3. The highest BCUT2D eigenvalue weighted by Gasteiger charge is 2.36. The number of amides is 1. The molecule has 1 aromatic heterocycles. The number of aromatic nitrogens is 2. The summed E-state index contributed by atoms with van der Waals surface area (Å²) in [5.74, 6) is 2.85. The molecular formula is C37H47N5O5. The van der Waals surface area contributed by atoms with Gasteiger partial charge in [-0.3, -0.25) is 9.69 Å². The zero-order chi connectivity index (χ0) is 33.5. The molecule has 0 saturated carbocycles. The zero-order valence-electron chi connectivity index (χ0n) is 28.3. The number of rotatable bonds is 14. The minimum absolute atomic E-state index is 0.0556. The second-order valence-electron chi connectivity index (χ2n) is 11.9. The van der Waals surface area contributed by atoms with Crippen molar-refractivity contribution in [2.24, 2.45) is 0 Å². The van der Waals surface area contributed by atoms with Crippen LogP contribution in [0.2, 0.25) is 0 Å². The van der Waals surface area contributed by atoms with E-state index < -0.39 is 0 Å². The average molecular weight is 642 g/mol. The Morgan fingerprint density at radius 3 is 2.30 bits per heavy atom. The number of benzene rings is 3. The van der Waals surface area contributed by atoms with Crippen LogP contribution in [-0.2, 0) is 6.42 Å². The number of likely N-dealkylation sites (N-methyl/N-ethyl adjacent to an activating group) is 1. The van der Waals surface area contributed by atoms with E-state index >= 15 is 0 Å². The van der Waals surface area contributed by atoms with Crippen molar-refractivity contribution in [1.82, 2.24) is 19.8 Å². The van der Waals surface area contributed by atoms with Crippen LogP contribution in [0.15, 0.2) is 67.3 Å². The van der Waals surface area contributed by atoms with Crippen molar-refractivity contribution in [1.29, 1.82) is 0 Å². The number of para-hydroxylation sites is 1. The summed E-state index contributed by atoms with van der Waals surface area (Å²) in [5, 5.41) is 3.65. The van der Waals surface area contributed by atoms with Crippen LogP contribution in [0.5, 0.6) is 23.0 Å². The molecule has 2 heterocycles. The summed E-state index contributed by atoms with van der Waals surface area (Å²) in [4.78, 5) is 26.9. The molecule has 2 N–H and O–H groups in total. The summed E-state index contributed by atoms with van der Waals surface area (Å²) in [7, 11) is 8.22. The maximum absolute atomic E-state index is 14.3. The number of methoxy groups -OCH3 is 4. The van der Waals surface area contributed by atoms with Crippen LogP contribution in [0.1, 0.15) is 53.6 Å². The number of anilines is 1. The van der Waals surface area contributed by atoms with Gasteiger partial charge in [0.25, 0.3) is 5.91 Å². The summed E-state index contributed by atoms with van der Waals surface area (Å²) in [5.41, 5.74) is 4.77. The average Bonchev–Trinajstić information content (AvgIpc) is 3.53. The Morgan fingerprint density at radius 1 is 1.04 bits per heavy atom. The van der Waals surface area contributed by atoms with Gasteiger partial charge in [0.15, 0.2) is 11.5 Å². The minimum atomic E-state index is -0.200. The van der Waals surface area contributed by atoms with Crippen LogP contribution < -0.4 is 24.3 Å². The number of hydrogen-bond donors (Lipinski definition) is 2. The number of allylic oxidation sites excluding steroid dienone is 1. The van der Waals surface area contributed by atoms with Gasteiger partial charge in [0, 0.05) is 37.7 Å². The van der Waals surface area contributed by atoms with Crippen molar-refractivity contribution in [2.45, 2.75) is 50.7 Å². The molecule has 5 rings (SSSR count). The van der Waals surface area contributed by atoms with Gasteiger partial charge in [-0.05, 0) is 67.1 Å². The molecule has 1 fully saturated rings. The quantitative estimate of drug-likeness (QED) is 0.151. The highest BCUT2D eigenvalue weighted by Crippen LogP contribution is 2.39. The first kappa shape index (κ1) is 33.7. The lowest BCUT2D eigenvalue weighted by Crippen LogP contribution is -2.55. The Balaban J connectivity index is 1.40. The van der Waals surface area contributed by atoms with Gasteiger partial charge in [-0.25, -0.2) is 4.98 Å². The highest BCUT2D eigenvalue weighted by atomic mass is 16.5. The lowest BCUT2D eigenvalue weighted by molar-refractivity contribution is 0.0200. The van der Waals surface area contributed by atoms with Crippen molar-refractivity contribution in [2.75, 3.05) is 53.9 Å². The van der Waals surface area contributed by atoms with Crippen LogP contribution in [0, 0.1) is 0 Å². The number of ether oxygens (including phenoxy) is 4. The molecular weight excluding hydrogens is 594 g/mol. The monoisotopic (exact) mass is 641 g/mol. The molecule has 1 amide bonds. The van der Waals surface area contributed by atoms with E-state index in [1.54, 1.807) is 40.6 Å². The smallest absolute Gasteiger partial charge is 0.255 e. The van der Waals surface area contributed by atoms with E-state index in [0.717, 1.165) is 72.6 Å². The molecule has 0 radical (unpaired) electrons.